The molecule has 19 heteroatoms. The van der Waals surface area contributed by atoms with Crippen LogP contribution in [0.1, 0.15) is 363 Å². The fraction of sp³-hybridized carbons (Fsp3) is 0.895. The Morgan fingerprint density at radius 1 is 0.347 bits per heavy atom. The van der Waals surface area contributed by atoms with Gasteiger partial charge >= 0.3 is 39.5 Å². The number of hydrogen-bond acceptors (Lipinski definition) is 15. The topological polar surface area (TPSA) is 237 Å². The summed E-state index contributed by atoms with van der Waals surface area (Å²) in [4.78, 5) is 72.8. The Hall–Kier alpha value is -2.46. The first-order valence-corrected chi connectivity index (χ1v) is 41.7. The van der Waals surface area contributed by atoms with Gasteiger partial charge in [0.15, 0.2) is 12.2 Å². The first-order chi connectivity index (χ1) is 45.8. The molecule has 0 spiro atoms. The van der Waals surface area contributed by atoms with Crippen LogP contribution in [-0.2, 0) is 65.4 Å². The number of rotatable bonds is 72. The second-order valence-electron chi connectivity index (χ2n) is 27.7. The van der Waals surface area contributed by atoms with E-state index in [2.05, 4.69) is 72.8 Å². The van der Waals surface area contributed by atoms with E-state index in [4.69, 9.17) is 37.0 Å². The highest BCUT2D eigenvalue weighted by atomic mass is 31.2. The number of unbranched alkanes of at least 4 members (excludes halogenated alkanes) is 35. The Bertz CT molecular complexity index is 1950. The van der Waals surface area contributed by atoms with E-state index in [1.54, 1.807) is 0 Å². The van der Waals surface area contributed by atoms with Crippen LogP contribution in [0.2, 0.25) is 0 Å². The zero-order valence-electron chi connectivity index (χ0n) is 61.6. The normalized spacial score (nSPS) is 14.8. The summed E-state index contributed by atoms with van der Waals surface area (Å²) in [7, 11) is -9.93. The van der Waals surface area contributed by atoms with Gasteiger partial charge in [-0.05, 0) is 69.1 Å². The van der Waals surface area contributed by atoms with Gasteiger partial charge in [-0.2, -0.15) is 0 Å². The molecule has 7 atom stereocenters. The van der Waals surface area contributed by atoms with E-state index < -0.39 is 97.5 Å². The lowest BCUT2D eigenvalue weighted by Crippen LogP contribution is -2.30. The van der Waals surface area contributed by atoms with Crippen molar-refractivity contribution < 1.29 is 80.2 Å². The average molecular weight is 1390 g/mol. The molecular weight excluding hydrogens is 1250 g/mol. The maximum absolute atomic E-state index is 13.1. The summed E-state index contributed by atoms with van der Waals surface area (Å²) in [6.07, 6.45) is 54.8. The standard InChI is InChI=1S/C76H144O17P2/c1-8-11-12-13-14-15-16-17-18-21-25-31-36-45-52-59-75(80)92-71(63-86-73(78)57-50-43-35-30-24-22-19-20-23-28-33-40-47-54-67(4)5)65-90-94(82,83)88-61-70(77)62-89-95(84,85)91-66-72(64-87-74(79)58-51-44-39-38-42-49-56-69(7)10-3)93-76(81)60-53-46-37-32-27-26-29-34-41-48-55-68(6)9-2/h15-18,67-72,77H,8-14,19-66H2,1-7H3,(H,82,83)(H,84,85)/b16-15-,18-17-/t68?,69?,70-,71-,72-/m1/s1. The number of phosphoric ester groups is 2. The lowest BCUT2D eigenvalue weighted by atomic mass is 9.99. The van der Waals surface area contributed by atoms with E-state index in [0.717, 1.165) is 127 Å². The van der Waals surface area contributed by atoms with E-state index in [1.165, 1.54) is 154 Å². The number of ether oxygens (including phenoxy) is 4. The van der Waals surface area contributed by atoms with Crippen LogP contribution < -0.4 is 0 Å². The van der Waals surface area contributed by atoms with Crippen LogP contribution in [0.4, 0.5) is 0 Å². The SMILES string of the molecule is CCCCCC/C=C\C=C/CCCCCCCC(=O)O[C@H](COC(=O)CCCCCCCCCCCCCCCC(C)C)COP(=O)(O)OC[C@@H](O)COP(=O)(O)OC[C@@H](COC(=O)CCCCCCCCC(C)CC)OC(=O)CCCCCCCCCCCCC(C)CC. The molecule has 17 nitrogen and oxygen atoms in total. The molecule has 0 aromatic heterocycles. The minimum Gasteiger partial charge on any atom is -0.462 e. The molecule has 4 unspecified atom stereocenters. The Kier molecular flexibility index (Phi) is 64.4. The van der Waals surface area contributed by atoms with Crippen molar-refractivity contribution in [1.82, 2.24) is 0 Å². The molecule has 0 rings (SSSR count). The Morgan fingerprint density at radius 3 is 0.937 bits per heavy atom. The molecule has 0 aliphatic rings. The van der Waals surface area contributed by atoms with Crippen molar-refractivity contribution in [2.75, 3.05) is 39.6 Å². The highest BCUT2D eigenvalue weighted by Crippen LogP contribution is 2.45. The number of carbonyl (C=O) groups is 4. The molecule has 0 aliphatic heterocycles. The summed E-state index contributed by atoms with van der Waals surface area (Å²) in [5.41, 5.74) is 0. The number of aliphatic hydroxyl groups is 1. The zero-order valence-corrected chi connectivity index (χ0v) is 63.4. The van der Waals surface area contributed by atoms with Crippen molar-refractivity contribution in [2.24, 2.45) is 17.8 Å². The van der Waals surface area contributed by atoms with Gasteiger partial charge in [0, 0.05) is 25.7 Å². The van der Waals surface area contributed by atoms with E-state index >= 15 is 0 Å². The average Bonchev–Trinajstić information content (AvgIpc) is 3.76. The highest BCUT2D eigenvalue weighted by molar-refractivity contribution is 7.47. The Morgan fingerprint density at radius 2 is 0.621 bits per heavy atom. The van der Waals surface area contributed by atoms with Crippen LogP contribution in [-0.4, -0.2) is 96.7 Å². The fourth-order valence-corrected chi connectivity index (χ4v) is 12.6. The van der Waals surface area contributed by atoms with Crippen molar-refractivity contribution in [1.29, 1.82) is 0 Å². The molecule has 3 N–H and O–H groups in total. The highest BCUT2D eigenvalue weighted by Gasteiger charge is 2.30. The van der Waals surface area contributed by atoms with Crippen LogP contribution in [0, 0.1) is 17.8 Å². The van der Waals surface area contributed by atoms with Gasteiger partial charge in [-0.25, -0.2) is 9.13 Å². The van der Waals surface area contributed by atoms with Gasteiger partial charge in [0.25, 0.3) is 0 Å². The van der Waals surface area contributed by atoms with Crippen LogP contribution >= 0.6 is 15.6 Å². The van der Waals surface area contributed by atoms with Gasteiger partial charge in [-0.15, -0.1) is 0 Å². The van der Waals surface area contributed by atoms with Crippen LogP contribution in [0.25, 0.3) is 0 Å². The van der Waals surface area contributed by atoms with Gasteiger partial charge < -0.3 is 33.8 Å². The molecule has 0 aliphatic carbocycles. The predicted octanol–water partition coefficient (Wildman–Crippen LogP) is 21.7. The molecule has 0 heterocycles. The monoisotopic (exact) mass is 1390 g/mol. The van der Waals surface area contributed by atoms with Gasteiger partial charge in [-0.1, -0.05) is 310 Å². The minimum absolute atomic E-state index is 0.0847. The van der Waals surface area contributed by atoms with Crippen molar-refractivity contribution in [3.05, 3.63) is 24.3 Å². The summed E-state index contributed by atoms with van der Waals surface area (Å²) in [5, 5.41) is 10.6. The molecule has 0 saturated heterocycles. The summed E-state index contributed by atoms with van der Waals surface area (Å²) >= 11 is 0. The summed E-state index contributed by atoms with van der Waals surface area (Å²) in [5.74, 6) is 0.170. The molecule has 0 radical (unpaired) electrons. The third kappa shape index (κ3) is 67.2. The van der Waals surface area contributed by atoms with Gasteiger partial charge in [0.1, 0.15) is 19.3 Å². The van der Waals surface area contributed by atoms with Crippen LogP contribution in [0.5, 0.6) is 0 Å². The molecule has 0 bridgehead atoms. The maximum atomic E-state index is 13.1. The number of hydrogen-bond donors (Lipinski definition) is 3. The Balaban J connectivity index is 5.30. The Labute approximate surface area is 580 Å². The van der Waals surface area contributed by atoms with E-state index in [-0.39, 0.29) is 25.7 Å². The second kappa shape index (κ2) is 66.1. The van der Waals surface area contributed by atoms with Crippen molar-refractivity contribution in [3.8, 4) is 0 Å². The molecule has 0 fully saturated rings. The molecule has 560 valence electrons. The zero-order chi connectivity index (χ0) is 70.1. The second-order valence-corrected chi connectivity index (χ2v) is 30.6. The van der Waals surface area contributed by atoms with Crippen molar-refractivity contribution >= 4 is 39.5 Å². The first kappa shape index (κ1) is 92.5. The number of phosphoric acid groups is 2. The molecular formula is C76H144O17P2. The first-order valence-electron chi connectivity index (χ1n) is 38.7. The van der Waals surface area contributed by atoms with Gasteiger partial charge in [0.2, 0.25) is 0 Å². The van der Waals surface area contributed by atoms with E-state index in [1.807, 2.05) is 0 Å². The van der Waals surface area contributed by atoms with Gasteiger partial charge in [0.05, 0.1) is 26.4 Å². The lowest BCUT2D eigenvalue weighted by molar-refractivity contribution is -0.161. The van der Waals surface area contributed by atoms with Crippen molar-refractivity contribution in [2.45, 2.75) is 381 Å². The van der Waals surface area contributed by atoms with Gasteiger partial charge in [-0.3, -0.25) is 37.3 Å². The third-order valence-corrected chi connectivity index (χ3v) is 19.6. The molecule has 0 aromatic rings. The molecule has 0 saturated carbocycles. The third-order valence-electron chi connectivity index (χ3n) is 17.7. The number of carbonyl (C=O) groups excluding carboxylic acids is 4. The predicted molar refractivity (Wildman–Crippen MR) is 386 cm³/mol. The molecule has 0 aromatic carbocycles. The minimum atomic E-state index is -4.97. The van der Waals surface area contributed by atoms with Crippen LogP contribution in [0.3, 0.4) is 0 Å². The maximum Gasteiger partial charge on any atom is 0.472 e. The number of allylic oxidation sites excluding steroid dienone is 4. The van der Waals surface area contributed by atoms with E-state index in [0.29, 0.717) is 25.7 Å². The summed E-state index contributed by atoms with van der Waals surface area (Å²) in [6.45, 7) is 11.8. The van der Waals surface area contributed by atoms with E-state index in [9.17, 15) is 43.2 Å². The fourth-order valence-electron chi connectivity index (χ4n) is 11.0. The number of esters is 4. The quantitative estimate of drug-likeness (QED) is 0.0169. The summed E-state index contributed by atoms with van der Waals surface area (Å²) in [6, 6.07) is 0. The van der Waals surface area contributed by atoms with Crippen LogP contribution in [0.15, 0.2) is 24.3 Å². The lowest BCUT2D eigenvalue weighted by Gasteiger charge is -2.21. The summed E-state index contributed by atoms with van der Waals surface area (Å²) < 4.78 is 68.5. The van der Waals surface area contributed by atoms with Crippen molar-refractivity contribution in [3.63, 3.8) is 0 Å². The molecule has 95 heavy (non-hydrogen) atoms. The number of aliphatic hydroxyl groups excluding tert-OH is 1. The largest absolute Gasteiger partial charge is 0.472 e. The molecule has 0 amide bonds. The smallest absolute Gasteiger partial charge is 0.462 e.